The van der Waals surface area contributed by atoms with Crippen molar-refractivity contribution in [3.8, 4) is 11.1 Å². The molecule has 30 heavy (non-hydrogen) atoms. The lowest BCUT2D eigenvalue weighted by Crippen LogP contribution is -2.60. The molecule has 2 aromatic rings. The van der Waals surface area contributed by atoms with E-state index in [9.17, 15) is 35.1 Å². The maximum atomic E-state index is 15.3. The number of rotatable bonds is 4. The van der Waals surface area contributed by atoms with Gasteiger partial charge in [0, 0.05) is 10.6 Å². The van der Waals surface area contributed by atoms with E-state index in [-0.39, 0.29) is 33.7 Å². The normalized spacial score (nSPS) is 15.2. The quantitative estimate of drug-likeness (QED) is 0.406. The molecule has 0 saturated heterocycles. The molecule has 0 saturated carbocycles. The molecule has 0 bridgehead atoms. The van der Waals surface area contributed by atoms with Gasteiger partial charge in [-0.3, -0.25) is 0 Å². The van der Waals surface area contributed by atoms with Gasteiger partial charge >= 0.3 is 23.9 Å². The van der Waals surface area contributed by atoms with Crippen LogP contribution in [0.25, 0.3) is 11.1 Å². The van der Waals surface area contributed by atoms with Crippen molar-refractivity contribution >= 4 is 11.6 Å². The Morgan fingerprint density at radius 1 is 0.900 bits per heavy atom. The van der Waals surface area contributed by atoms with Crippen molar-refractivity contribution in [3.05, 3.63) is 57.6 Å². The van der Waals surface area contributed by atoms with Gasteiger partial charge in [0.2, 0.25) is 0 Å². The first-order valence-corrected chi connectivity index (χ1v) is 8.90. The Morgan fingerprint density at radius 3 is 1.93 bits per heavy atom. The van der Waals surface area contributed by atoms with Crippen molar-refractivity contribution in [2.45, 2.75) is 51.1 Å². The highest BCUT2D eigenvalue weighted by Crippen LogP contribution is 2.60. The fraction of sp³-hybridized carbons (Fsp3) is 0.400. The lowest BCUT2D eigenvalue weighted by Gasteiger charge is -2.38. The summed E-state index contributed by atoms with van der Waals surface area (Å²) in [6.45, 7) is 3.88. The monoisotopic (exact) mass is 461 g/mol. The second-order valence-corrected chi connectivity index (χ2v) is 7.12. The topological polar surface area (TPSA) is 0 Å². The van der Waals surface area contributed by atoms with E-state index in [1.54, 1.807) is 0 Å². The Kier molecular flexibility index (Phi) is 6.22. The summed E-state index contributed by atoms with van der Waals surface area (Å²) in [4.78, 5) is 0. The van der Waals surface area contributed by atoms with Gasteiger partial charge in [-0.15, -0.1) is 0 Å². The number of halogens is 10. The smallest absolute Gasteiger partial charge is 0.221 e. The van der Waals surface area contributed by atoms with E-state index in [1.165, 1.54) is 32.0 Å². The average molecular weight is 462 g/mol. The van der Waals surface area contributed by atoms with Crippen molar-refractivity contribution < 1.29 is 39.5 Å². The molecule has 0 amide bonds. The van der Waals surface area contributed by atoms with Gasteiger partial charge < -0.3 is 0 Å². The van der Waals surface area contributed by atoms with Crippen molar-refractivity contribution in [2.24, 2.45) is 0 Å². The van der Waals surface area contributed by atoms with E-state index in [0.29, 0.717) is 6.07 Å². The van der Waals surface area contributed by atoms with Gasteiger partial charge in [-0.2, -0.15) is 35.1 Å². The minimum absolute atomic E-state index is 0.0140. The number of benzene rings is 2. The van der Waals surface area contributed by atoms with Crippen LogP contribution < -0.4 is 0 Å². The van der Waals surface area contributed by atoms with Gasteiger partial charge in [0.25, 0.3) is 0 Å². The summed E-state index contributed by atoms with van der Waals surface area (Å²) < 4.78 is 124. The van der Waals surface area contributed by atoms with Crippen LogP contribution in [0.4, 0.5) is 39.5 Å². The summed E-state index contributed by atoms with van der Waals surface area (Å²) in [7, 11) is 0. The molecule has 2 rings (SSSR count). The lowest BCUT2D eigenvalue weighted by atomic mass is 9.78. The third kappa shape index (κ3) is 3.65. The average Bonchev–Trinajstić information content (AvgIpc) is 2.60. The van der Waals surface area contributed by atoms with E-state index in [0.717, 1.165) is 6.92 Å². The van der Waals surface area contributed by atoms with Crippen LogP contribution in [0.2, 0.25) is 5.02 Å². The standard InChI is InChI=1S/C20H15ClF9/c1-4-12-8-10(2)9-14(16(12)13-6-5-7-15(21)11(13)3)17(22,19(25,26)27)18(23,24)20(28,29)30/h5-7,9H,4H2,1-3H3. The number of hydrogen-bond acceptors (Lipinski definition) is 0. The van der Waals surface area contributed by atoms with Crippen LogP contribution in [0.3, 0.4) is 0 Å². The fourth-order valence-electron chi connectivity index (χ4n) is 3.21. The number of aryl methyl sites for hydroxylation is 2. The molecule has 0 aliphatic heterocycles. The first kappa shape index (κ1) is 24.4. The highest BCUT2D eigenvalue weighted by molar-refractivity contribution is 6.31. The first-order valence-electron chi connectivity index (χ1n) is 8.52. The summed E-state index contributed by atoms with van der Waals surface area (Å²) in [5.41, 5.74) is -9.12. The third-order valence-electron chi connectivity index (χ3n) is 4.72. The minimum atomic E-state index is -6.81. The molecular formula is C20H15ClF9. The van der Waals surface area contributed by atoms with E-state index >= 15 is 4.39 Å². The van der Waals surface area contributed by atoms with Crippen molar-refractivity contribution in [2.75, 3.05) is 0 Å². The molecule has 1 unspecified atom stereocenters. The van der Waals surface area contributed by atoms with Crippen LogP contribution in [-0.2, 0) is 12.1 Å². The summed E-state index contributed by atoms with van der Waals surface area (Å²) in [6, 6.07) is 6.73. The molecule has 0 aromatic heterocycles. The summed E-state index contributed by atoms with van der Waals surface area (Å²) in [5.74, 6) is -6.77. The van der Waals surface area contributed by atoms with E-state index < -0.39 is 35.1 Å². The maximum absolute atomic E-state index is 15.3. The molecule has 10 heteroatoms. The summed E-state index contributed by atoms with van der Waals surface area (Å²) in [5, 5.41) is 0.0140. The minimum Gasteiger partial charge on any atom is -0.221 e. The maximum Gasteiger partial charge on any atom is 0.457 e. The van der Waals surface area contributed by atoms with Gasteiger partial charge in [-0.05, 0) is 60.2 Å². The molecule has 165 valence electrons. The van der Waals surface area contributed by atoms with Gasteiger partial charge in [-0.1, -0.05) is 36.7 Å². The molecule has 0 heterocycles. The summed E-state index contributed by atoms with van der Waals surface area (Å²) in [6.07, 6.45) is -13.5. The molecule has 0 aliphatic rings. The van der Waals surface area contributed by atoms with Crippen LogP contribution in [0.5, 0.6) is 0 Å². The van der Waals surface area contributed by atoms with Crippen LogP contribution in [0.15, 0.2) is 24.3 Å². The molecule has 0 spiro atoms. The molecular weight excluding hydrogens is 447 g/mol. The van der Waals surface area contributed by atoms with E-state index in [4.69, 9.17) is 11.6 Å². The van der Waals surface area contributed by atoms with E-state index in [2.05, 4.69) is 6.07 Å². The Balaban J connectivity index is 3.11. The molecule has 0 nitrogen and oxygen atoms in total. The van der Waals surface area contributed by atoms with Gasteiger partial charge in [-0.25, -0.2) is 4.39 Å². The SMILES string of the molecule is CCc1[c]c(C)cc(C(F)(C(F)(F)F)C(F)(F)C(F)(F)F)c1-c1cccc(Cl)c1C. The van der Waals surface area contributed by atoms with E-state index in [1.807, 2.05) is 0 Å². The van der Waals surface area contributed by atoms with Crippen LogP contribution >= 0.6 is 11.6 Å². The fourth-order valence-corrected chi connectivity index (χ4v) is 3.38. The zero-order chi connectivity index (χ0) is 23.3. The second kappa shape index (κ2) is 7.66. The van der Waals surface area contributed by atoms with Crippen molar-refractivity contribution in [3.63, 3.8) is 0 Å². The van der Waals surface area contributed by atoms with Crippen molar-refractivity contribution in [1.82, 2.24) is 0 Å². The zero-order valence-electron chi connectivity index (χ0n) is 15.8. The largest absolute Gasteiger partial charge is 0.457 e. The molecule has 2 aromatic carbocycles. The van der Waals surface area contributed by atoms with Gasteiger partial charge in [0.15, 0.2) is 0 Å². The molecule has 0 aliphatic carbocycles. The highest BCUT2D eigenvalue weighted by atomic mass is 35.5. The Morgan fingerprint density at radius 2 is 1.47 bits per heavy atom. The first-order chi connectivity index (χ1) is 13.5. The Hall–Kier alpha value is -1.90. The molecule has 0 N–H and O–H groups in total. The number of hydrogen-bond donors (Lipinski definition) is 0. The molecule has 1 atom stereocenters. The molecule has 0 fully saturated rings. The van der Waals surface area contributed by atoms with Crippen LogP contribution in [0, 0.1) is 19.9 Å². The second-order valence-electron chi connectivity index (χ2n) is 6.71. The summed E-state index contributed by atoms with van der Waals surface area (Å²) >= 11 is 5.96. The third-order valence-corrected chi connectivity index (χ3v) is 5.13. The predicted octanol–water partition coefficient (Wildman–Crippen LogP) is 7.91. The van der Waals surface area contributed by atoms with Gasteiger partial charge in [0.1, 0.15) is 0 Å². The highest BCUT2D eigenvalue weighted by Gasteiger charge is 2.82. The Bertz CT molecular complexity index is 945. The predicted molar refractivity (Wildman–Crippen MR) is 94.4 cm³/mol. The lowest BCUT2D eigenvalue weighted by molar-refractivity contribution is -0.389. The zero-order valence-corrected chi connectivity index (χ0v) is 16.6. The van der Waals surface area contributed by atoms with Crippen LogP contribution in [0.1, 0.15) is 29.2 Å². The Labute approximate surface area is 171 Å². The number of alkyl halides is 9. The molecule has 1 radical (unpaired) electrons. The van der Waals surface area contributed by atoms with Crippen molar-refractivity contribution in [1.29, 1.82) is 0 Å². The van der Waals surface area contributed by atoms with Crippen LogP contribution in [-0.4, -0.2) is 18.3 Å². The van der Waals surface area contributed by atoms with Gasteiger partial charge in [0.05, 0.1) is 0 Å².